The first-order chi connectivity index (χ1) is 6.10. The molecule has 1 nitrogen and oxygen atoms in total. The summed E-state index contributed by atoms with van der Waals surface area (Å²) in [7, 11) is 1.92. The molecule has 1 heterocycles. The van der Waals surface area contributed by atoms with Gasteiger partial charge in [0.15, 0.2) is 0 Å². The minimum Gasteiger partial charge on any atom is -0.300 e. The maximum absolute atomic E-state index is 12.4. The molecular formula is C11H28FN. The third kappa shape index (κ3) is 11.9. The molecular weight excluding hydrogens is 165 g/mol. The summed E-state index contributed by atoms with van der Waals surface area (Å²) in [5.41, 5.74) is -0.880. The summed E-state index contributed by atoms with van der Waals surface area (Å²) in [4.78, 5) is 1.96. The van der Waals surface area contributed by atoms with Crippen molar-refractivity contribution in [2.45, 2.75) is 54.1 Å². The summed E-state index contributed by atoms with van der Waals surface area (Å²) >= 11 is 0. The van der Waals surface area contributed by atoms with Crippen LogP contribution >= 0.6 is 0 Å². The average molecular weight is 193 g/mol. The van der Waals surface area contributed by atoms with Crippen LogP contribution in [0, 0.1) is 0 Å². The summed E-state index contributed by atoms with van der Waals surface area (Å²) < 4.78 is 12.4. The van der Waals surface area contributed by atoms with E-state index in [1.165, 1.54) is 0 Å². The third-order valence-corrected chi connectivity index (χ3v) is 1.20. The maximum Gasteiger partial charge on any atom is 0.133 e. The van der Waals surface area contributed by atoms with Crippen LogP contribution in [0.5, 0.6) is 0 Å². The Kier molecular flexibility index (Phi) is 17.0. The molecule has 0 bridgehead atoms. The van der Waals surface area contributed by atoms with Crippen molar-refractivity contribution in [3.05, 3.63) is 0 Å². The highest BCUT2D eigenvalue weighted by molar-refractivity contribution is 4.89. The van der Waals surface area contributed by atoms with Crippen molar-refractivity contribution in [3.63, 3.8) is 0 Å². The van der Waals surface area contributed by atoms with Gasteiger partial charge in [0.1, 0.15) is 5.67 Å². The van der Waals surface area contributed by atoms with Gasteiger partial charge in [0, 0.05) is 13.1 Å². The lowest BCUT2D eigenvalue weighted by molar-refractivity contribution is 0.00103. The topological polar surface area (TPSA) is 3.24 Å². The molecule has 0 N–H and O–H groups in total. The second kappa shape index (κ2) is 11.9. The normalized spacial score (nSPS) is 17.3. The molecule has 1 fully saturated rings. The molecule has 0 aromatic carbocycles. The maximum atomic E-state index is 12.4. The lowest BCUT2D eigenvalue weighted by atomic mass is 10.0. The summed E-state index contributed by atoms with van der Waals surface area (Å²) in [6, 6.07) is 0. The van der Waals surface area contributed by atoms with E-state index in [0.717, 1.165) is 0 Å². The summed E-state index contributed by atoms with van der Waals surface area (Å²) in [5, 5.41) is 0. The van der Waals surface area contributed by atoms with Crippen molar-refractivity contribution in [2.75, 3.05) is 20.1 Å². The zero-order valence-electron chi connectivity index (χ0n) is 10.7. The monoisotopic (exact) mass is 193 g/mol. The van der Waals surface area contributed by atoms with Crippen molar-refractivity contribution in [2.24, 2.45) is 0 Å². The van der Waals surface area contributed by atoms with Crippen molar-refractivity contribution in [3.8, 4) is 0 Å². The van der Waals surface area contributed by atoms with E-state index < -0.39 is 5.67 Å². The second-order valence-electron chi connectivity index (χ2n) is 2.59. The van der Waals surface area contributed by atoms with Crippen LogP contribution in [-0.4, -0.2) is 30.7 Å². The van der Waals surface area contributed by atoms with E-state index in [4.69, 9.17) is 0 Å². The highest BCUT2D eigenvalue weighted by Gasteiger charge is 2.35. The molecule has 0 atom stereocenters. The Morgan fingerprint density at radius 2 is 1.15 bits per heavy atom. The van der Waals surface area contributed by atoms with Crippen molar-refractivity contribution >= 4 is 0 Å². The number of rotatable bonds is 0. The van der Waals surface area contributed by atoms with Crippen LogP contribution in [0.3, 0.4) is 0 Å². The van der Waals surface area contributed by atoms with Crippen LogP contribution in [0.25, 0.3) is 0 Å². The van der Waals surface area contributed by atoms with Gasteiger partial charge in [-0.3, -0.25) is 4.90 Å². The van der Waals surface area contributed by atoms with Gasteiger partial charge in [-0.1, -0.05) is 41.5 Å². The fraction of sp³-hybridized carbons (Fsp3) is 1.00. The molecule has 0 spiro atoms. The van der Waals surface area contributed by atoms with E-state index in [0.29, 0.717) is 13.1 Å². The van der Waals surface area contributed by atoms with Gasteiger partial charge in [-0.05, 0) is 14.0 Å². The van der Waals surface area contributed by atoms with Crippen molar-refractivity contribution in [1.82, 2.24) is 4.90 Å². The molecule has 0 radical (unpaired) electrons. The van der Waals surface area contributed by atoms with E-state index in [2.05, 4.69) is 0 Å². The quantitative estimate of drug-likeness (QED) is 0.566. The predicted octanol–water partition coefficient (Wildman–Crippen LogP) is 3.74. The van der Waals surface area contributed by atoms with Gasteiger partial charge in [0.25, 0.3) is 0 Å². The number of likely N-dealkylation sites (tertiary alicyclic amines) is 1. The molecule has 0 aromatic heterocycles. The van der Waals surface area contributed by atoms with Crippen LogP contribution in [0.4, 0.5) is 4.39 Å². The zero-order chi connectivity index (χ0) is 11.5. The van der Waals surface area contributed by atoms with Crippen LogP contribution in [0.2, 0.25) is 0 Å². The van der Waals surface area contributed by atoms with Crippen LogP contribution < -0.4 is 0 Å². The molecule has 13 heavy (non-hydrogen) atoms. The molecule has 0 saturated carbocycles. The summed E-state index contributed by atoms with van der Waals surface area (Å²) in [5.74, 6) is 0. The Morgan fingerprint density at radius 3 is 1.15 bits per heavy atom. The van der Waals surface area contributed by atoms with Gasteiger partial charge in [0.05, 0.1) is 0 Å². The standard InChI is InChI=1S/C5H10FN.3C2H6/c1-5(6)3-7(2)4-5;3*1-2/h3-4H2,1-2H3;3*1-2H3. The van der Waals surface area contributed by atoms with Crippen LogP contribution in [0.1, 0.15) is 48.5 Å². The van der Waals surface area contributed by atoms with Crippen molar-refractivity contribution < 1.29 is 4.39 Å². The van der Waals surface area contributed by atoms with E-state index in [-0.39, 0.29) is 0 Å². The Balaban J connectivity index is -0.000000144. The predicted molar refractivity (Wildman–Crippen MR) is 61.1 cm³/mol. The smallest absolute Gasteiger partial charge is 0.133 e. The minimum atomic E-state index is -0.880. The largest absolute Gasteiger partial charge is 0.300 e. The van der Waals surface area contributed by atoms with Gasteiger partial charge in [0.2, 0.25) is 0 Å². The average Bonchev–Trinajstić information content (AvgIpc) is 2.12. The van der Waals surface area contributed by atoms with Gasteiger partial charge in [-0.2, -0.15) is 0 Å². The fourth-order valence-electron chi connectivity index (χ4n) is 1.08. The van der Waals surface area contributed by atoms with Gasteiger partial charge >= 0.3 is 0 Å². The fourth-order valence-corrected chi connectivity index (χ4v) is 1.08. The van der Waals surface area contributed by atoms with E-state index in [1.807, 2.05) is 53.5 Å². The molecule has 0 unspecified atom stereocenters. The molecule has 0 amide bonds. The van der Waals surface area contributed by atoms with E-state index >= 15 is 0 Å². The highest BCUT2D eigenvalue weighted by atomic mass is 19.1. The van der Waals surface area contributed by atoms with E-state index in [1.54, 1.807) is 6.92 Å². The van der Waals surface area contributed by atoms with Crippen LogP contribution in [0.15, 0.2) is 0 Å². The van der Waals surface area contributed by atoms with Gasteiger partial charge in [-0.15, -0.1) is 0 Å². The highest BCUT2D eigenvalue weighted by Crippen LogP contribution is 2.21. The molecule has 1 aliphatic rings. The molecule has 1 aliphatic heterocycles. The SMILES string of the molecule is CC.CC.CC.CN1CC(C)(F)C1. The lowest BCUT2D eigenvalue weighted by Gasteiger charge is -2.39. The Morgan fingerprint density at radius 1 is 0.923 bits per heavy atom. The Hall–Kier alpha value is -0.110. The second-order valence-corrected chi connectivity index (χ2v) is 2.59. The third-order valence-electron chi connectivity index (χ3n) is 1.20. The van der Waals surface area contributed by atoms with Gasteiger partial charge in [-0.25, -0.2) is 4.39 Å². The number of hydrogen-bond donors (Lipinski definition) is 0. The van der Waals surface area contributed by atoms with Gasteiger partial charge < -0.3 is 0 Å². The summed E-state index contributed by atoms with van der Waals surface area (Å²) in [6.07, 6.45) is 0. The van der Waals surface area contributed by atoms with E-state index in [9.17, 15) is 4.39 Å². The molecule has 84 valence electrons. The first-order valence-electron chi connectivity index (χ1n) is 5.48. The van der Waals surface area contributed by atoms with Crippen LogP contribution in [-0.2, 0) is 0 Å². The number of alkyl halides is 1. The minimum absolute atomic E-state index is 0.604. The number of nitrogens with zero attached hydrogens (tertiary/aromatic N) is 1. The van der Waals surface area contributed by atoms with Crippen molar-refractivity contribution in [1.29, 1.82) is 0 Å². The molecule has 0 aliphatic carbocycles. The summed E-state index contributed by atoms with van der Waals surface area (Å²) in [6.45, 7) is 14.8. The molecule has 1 rings (SSSR count). The molecule has 0 aromatic rings. The first kappa shape index (κ1) is 18.6. The first-order valence-corrected chi connectivity index (χ1v) is 5.48. The molecule has 1 saturated heterocycles. The zero-order valence-corrected chi connectivity index (χ0v) is 10.7. The lowest BCUT2D eigenvalue weighted by Crippen LogP contribution is -2.54. The number of hydrogen-bond acceptors (Lipinski definition) is 1. The Labute approximate surface area is 84.3 Å². The Bertz CT molecular complexity index is 74.2. The number of halogens is 1. The molecule has 2 heteroatoms.